The van der Waals surface area contributed by atoms with Crippen LogP contribution in [-0.2, 0) is 0 Å². The number of halogens is 2. The summed E-state index contributed by atoms with van der Waals surface area (Å²) in [6, 6.07) is 0. The van der Waals surface area contributed by atoms with E-state index < -0.39 is 11.5 Å². The Morgan fingerprint density at radius 2 is 1.86 bits per heavy atom. The van der Waals surface area contributed by atoms with Crippen molar-refractivity contribution in [1.29, 1.82) is 0 Å². The van der Waals surface area contributed by atoms with Crippen LogP contribution in [0.15, 0.2) is 0 Å². The lowest BCUT2D eigenvalue weighted by molar-refractivity contribution is -0.0698. The normalized spacial score (nSPS) is 42.4. The lowest BCUT2D eigenvalue weighted by Gasteiger charge is -2.32. The Bertz CT molecular complexity index is 219. The van der Waals surface area contributed by atoms with Gasteiger partial charge in [-0.2, -0.15) is 0 Å². The number of hydrogen-bond donors (Lipinski definition) is 1. The molecule has 0 radical (unpaired) electrons. The third-order valence-electron chi connectivity index (χ3n) is 4.04. The fourth-order valence-electron chi connectivity index (χ4n) is 2.87. The minimum absolute atomic E-state index is 0.0313. The average Bonchev–Trinajstić information content (AvgIpc) is 2.78. The van der Waals surface area contributed by atoms with Crippen molar-refractivity contribution in [2.45, 2.75) is 57.0 Å². The standard InChI is InChI=1S/C11H18F2O/c1-2-8-7-11(8,14)9-3-5-10(12,13)6-4-9/h8-9,14H,2-7H2,1H3. The number of rotatable bonds is 2. The first-order chi connectivity index (χ1) is 6.48. The fraction of sp³-hybridized carbons (Fsp3) is 1.00. The van der Waals surface area contributed by atoms with Crippen LogP contribution in [0.3, 0.4) is 0 Å². The average molecular weight is 204 g/mol. The molecule has 2 saturated carbocycles. The maximum Gasteiger partial charge on any atom is 0.248 e. The molecule has 0 bridgehead atoms. The van der Waals surface area contributed by atoms with E-state index >= 15 is 0 Å². The van der Waals surface area contributed by atoms with Gasteiger partial charge in [-0.25, -0.2) is 8.78 Å². The van der Waals surface area contributed by atoms with Gasteiger partial charge >= 0.3 is 0 Å². The molecule has 0 aromatic rings. The van der Waals surface area contributed by atoms with Crippen molar-refractivity contribution in [2.24, 2.45) is 11.8 Å². The van der Waals surface area contributed by atoms with Gasteiger partial charge < -0.3 is 5.11 Å². The molecule has 0 spiro atoms. The summed E-state index contributed by atoms with van der Waals surface area (Å²) in [6.07, 6.45) is 2.75. The summed E-state index contributed by atoms with van der Waals surface area (Å²) in [5, 5.41) is 10.1. The summed E-state index contributed by atoms with van der Waals surface area (Å²) in [7, 11) is 0. The molecule has 82 valence electrons. The van der Waals surface area contributed by atoms with Gasteiger partial charge in [0.15, 0.2) is 0 Å². The van der Waals surface area contributed by atoms with E-state index in [-0.39, 0.29) is 18.8 Å². The largest absolute Gasteiger partial charge is 0.389 e. The van der Waals surface area contributed by atoms with Crippen molar-refractivity contribution in [3.63, 3.8) is 0 Å². The first-order valence-electron chi connectivity index (χ1n) is 5.58. The molecular formula is C11H18F2O. The van der Waals surface area contributed by atoms with Gasteiger partial charge in [-0.15, -0.1) is 0 Å². The Morgan fingerprint density at radius 1 is 1.29 bits per heavy atom. The molecular weight excluding hydrogens is 186 g/mol. The number of aliphatic hydroxyl groups is 1. The molecule has 0 aromatic heterocycles. The first kappa shape index (κ1) is 10.3. The number of hydrogen-bond acceptors (Lipinski definition) is 1. The maximum absolute atomic E-state index is 12.9. The van der Waals surface area contributed by atoms with Gasteiger partial charge in [0.2, 0.25) is 5.92 Å². The third-order valence-corrected chi connectivity index (χ3v) is 4.04. The quantitative estimate of drug-likeness (QED) is 0.733. The molecule has 2 rings (SSSR count). The number of alkyl halides is 2. The minimum atomic E-state index is -2.47. The lowest BCUT2D eigenvalue weighted by Crippen LogP contribution is -2.33. The smallest absolute Gasteiger partial charge is 0.248 e. The molecule has 1 N–H and O–H groups in total. The van der Waals surface area contributed by atoms with Crippen LogP contribution in [0.25, 0.3) is 0 Å². The van der Waals surface area contributed by atoms with Gasteiger partial charge in [-0.1, -0.05) is 13.3 Å². The van der Waals surface area contributed by atoms with E-state index in [1.54, 1.807) is 0 Å². The zero-order valence-corrected chi connectivity index (χ0v) is 8.60. The van der Waals surface area contributed by atoms with Crippen LogP contribution in [-0.4, -0.2) is 16.6 Å². The lowest BCUT2D eigenvalue weighted by atomic mass is 9.81. The highest BCUT2D eigenvalue weighted by Crippen LogP contribution is 2.56. The molecule has 0 amide bonds. The minimum Gasteiger partial charge on any atom is -0.389 e. The molecule has 0 heterocycles. The predicted molar refractivity (Wildman–Crippen MR) is 50.3 cm³/mol. The topological polar surface area (TPSA) is 20.2 Å². The summed E-state index contributed by atoms with van der Waals surface area (Å²) < 4.78 is 25.8. The third kappa shape index (κ3) is 1.67. The van der Waals surface area contributed by atoms with Gasteiger partial charge in [0.1, 0.15) is 0 Å². The molecule has 0 aliphatic heterocycles. The molecule has 0 aromatic carbocycles. The summed E-state index contributed by atoms with van der Waals surface area (Å²) >= 11 is 0. The van der Waals surface area contributed by atoms with Gasteiger partial charge in [-0.3, -0.25) is 0 Å². The van der Waals surface area contributed by atoms with Crippen molar-refractivity contribution >= 4 is 0 Å². The van der Waals surface area contributed by atoms with E-state index in [0.29, 0.717) is 18.8 Å². The molecule has 0 saturated heterocycles. The van der Waals surface area contributed by atoms with E-state index in [2.05, 4.69) is 6.92 Å². The highest BCUT2D eigenvalue weighted by Gasteiger charge is 2.57. The Morgan fingerprint density at radius 3 is 2.29 bits per heavy atom. The van der Waals surface area contributed by atoms with Crippen molar-refractivity contribution in [2.75, 3.05) is 0 Å². The second-order valence-corrected chi connectivity index (χ2v) is 4.93. The molecule has 14 heavy (non-hydrogen) atoms. The Labute approximate surface area is 83.5 Å². The van der Waals surface area contributed by atoms with Gasteiger partial charge in [0, 0.05) is 12.8 Å². The molecule has 2 atom stereocenters. The van der Waals surface area contributed by atoms with E-state index in [1.165, 1.54) is 0 Å². The molecule has 3 heteroatoms. The molecule has 2 fully saturated rings. The van der Waals surface area contributed by atoms with Crippen LogP contribution < -0.4 is 0 Å². The zero-order valence-electron chi connectivity index (χ0n) is 8.60. The highest BCUT2D eigenvalue weighted by atomic mass is 19.3. The van der Waals surface area contributed by atoms with Gasteiger partial charge in [-0.05, 0) is 31.1 Å². The second kappa shape index (κ2) is 3.16. The van der Waals surface area contributed by atoms with Crippen molar-refractivity contribution < 1.29 is 13.9 Å². The van der Waals surface area contributed by atoms with E-state index in [9.17, 15) is 13.9 Å². The Balaban J connectivity index is 1.91. The van der Waals surface area contributed by atoms with Crippen molar-refractivity contribution in [3.8, 4) is 0 Å². The summed E-state index contributed by atoms with van der Waals surface area (Å²) in [5.74, 6) is -1.96. The second-order valence-electron chi connectivity index (χ2n) is 4.93. The van der Waals surface area contributed by atoms with Gasteiger partial charge in [0.25, 0.3) is 0 Å². The maximum atomic E-state index is 12.9. The van der Waals surface area contributed by atoms with Crippen LogP contribution in [0.4, 0.5) is 8.78 Å². The van der Waals surface area contributed by atoms with Crippen molar-refractivity contribution in [3.05, 3.63) is 0 Å². The van der Waals surface area contributed by atoms with E-state index in [0.717, 1.165) is 12.8 Å². The van der Waals surface area contributed by atoms with Gasteiger partial charge in [0.05, 0.1) is 5.60 Å². The summed E-state index contributed by atoms with van der Waals surface area (Å²) in [5.41, 5.74) is -0.578. The van der Waals surface area contributed by atoms with E-state index in [4.69, 9.17) is 0 Å². The molecule has 1 nitrogen and oxygen atoms in total. The SMILES string of the molecule is CCC1CC1(O)C1CCC(F)(F)CC1. The summed E-state index contributed by atoms with van der Waals surface area (Å²) in [6.45, 7) is 2.06. The van der Waals surface area contributed by atoms with Crippen LogP contribution in [0.1, 0.15) is 45.4 Å². The van der Waals surface area contributed by atoms with Crippen LogP contribution in [0.5, 0.6) is 0 Å². The van der Waals surface area contributed by atoms with Crippen LogP contribution in [0.2, 0.25) is 0 Å². The van der Waals surface area contributed by atoms with Crippen LogP contribution in [0, 0.1) is 11.8 Å². The molecule has 2 unspecified atom stereocenters. The zero-order chi connectivity index (χ0) is 10.4. The molecule has 2 aliphatic rings. The van der Waals surface area contributed by atoms with Crippen molar-refractivity contribution in [1.82, 2.24) is 0 Å². The molecule has 2 aliphatic carbocycles. The van der Waals surface area contributed by atoms with E-state index in [1.807, 2.05) is 0 Å². The van der Waals surface area contributed by atoms with Crippen LogP contribution >= 0.6 is 0 Å². The Hall–Kier alpha value is -0.180. The predicted octanol–water partition coefficient (Wildman–Crippen LogP) is 2.97. The Kier molecular flexibility index (Phi) is 2.33. The highest BCUT2D eigenvalue weighted by molar-refractivity contribution is 5.08. The first-order valence-corrected chi connectivity index (χ1v) is 5.58. The summed E-state index contributed by atoms with van der Waals surface area (Å²) in [4.78, 5) is 0. The fourth-order valence-corrected chi connectivity index (χ4v) is 2.87. The monoisotopic (exact) mass is 204 g/mol.